The molecule has 1 heterocycles. The quantitative estimate of drug-likeness (QED) is 0.754. The summed E-state index contributed by atoms with van der Waals surface area (Å²) < 4.78 is 10.4. The molecule has 6 nitrogen and oxygen atoms in total. The van der Waals surface area contributed by atoms with Crippen LogP contribution in [0.25, 0.3) is 11.5 Å². The molecule has 24 heavy (non-hydrogen) atoms. The zero-order chi connectivity index (χ0) is 16.8. The lowest BCUT2D eigenvalue weighted by Crippen LogP contribution is -2.25. The molecule has 1 amide bonds. The minimum atomic E-state index is -0.134. The molecule has 0 aliphatic carbocycles. The molecule has 0 saturated heterocycles. The molecule has 0 unspecified atom stereocenters. The first kappa shape index (κ1) is 15.7. The Kier molecular flexibility index (Phi) is 4.86. The van der Waals surface area contributed by atoms with Crippen LogP contribution < -0.4 is 10.1 Å². The van der Waals surface area contributed by atoms with E-state index in [1.165, 1.54) is 0 Å². The van der Waals surface area contributed by atoms with Gasteiger partial charge in [0.05, 0.1) is 20.1 Å². The number of hydrogen-bond donors (Lipinski definition) is 1. The Morgan fingerprint density at radius 3 is 2.67 bits per heavy atom. The molecular weight excluding hydrogens is 306 g/mol. The Morgan fingerprint density at radius 2 is 1.88 bits per heavy atom. The third-order valence-corrected chi connectivity index (χ3v) is 3.48. The van der Waals surface area contributed by atoms with Crippen molar-refractivity contribution >= 4 is 5.91 Å². The van der Waals surface area contributed by atoms with Gasteiger partial charge in [-0.3, -0.25) is 4.79 Å². The van der Waals surface area contributed by atoms with Crippen molar-refractivity contribution in [2.24, 2.45) is 0 Å². The maximum absolute atomic E-state index is 12.1. The van der Waals surface area contributed by atoms with Gasteiger partial charge in [-0.15, -0.1) is 0 Å². The Morgan fingerprint density at radius 1 is 1.12 bits per heavy atom. The third-order valence-electron chi connectivity index (χ3n) is 3.48. The number of carbonyl (C=O) groups excluding carboxylic acids is 1. The lowest BCUT2D eigenvalue weighted by atomic mass is 10.1. The standard InChI is InChI=1S/C18H17N3O3/c1-23-15-10-6-5-9-14(15)11-17(22)19-12-16-20-18(24-21-16)13-7-3-2-4-8-13/h2-10H,11-12H2,1H3,(H,19,22). The van der Waals surface area contributed by atoms with Gasteiger partial charge in [-0.1, -0.05) is 41.6 Å². The second-order valence-corrected chi connectivity index (χ2v) is 5.15. The highest BCUT2D eigenvalue weighted by molar-refractivity contribution is 5.79. The number of carbonyl (C=O) groups is 1. The minimum absolute atomic E-state index is 0.134. The van der Waals surface area contributed by atoms with Gasteiger partial charge in [0.15, 0.2) is 5.82 Å². The molecule has 0 saturated carbocycles. The fourth-order valence-electron chi connectivity index (χ4n) is 2.29. The molecule has 3 rings (SSSR count). The van der Waals surface area contributed by atoms with Crippen molar-refractivity contribution in [1.29, 1.82) is 0 Å². The van der Waals surface area contributed by atoms with E-state index in [1.807, 2.05) is 54.6 Å². The number of aromatic nitrogens is 2. The predicted molar refractivity (Wildman–Crippen MR) is 88.3 cm³/mol. The van der Waals surface area contributed by atoms with Gasteiger partial charge in [0, 0.05) is 11.1 Å². The number of ether oxygens (including phenoxy) is 1. The number of methoxy groups -OCH3 is 1. The van der Waals surface area contributed by atoms with E-state index >= 15 is 0 Å². The van der Waals surface area contributed by atoms with Gasteiger partial charge in [0.1, 0.15) is 5.75 Å². The van der Waals surface area contributed by atoms with E-state index < -0.39 is 0 Å². The minimum Gasteiger partial charge on any atom is -0.496 e. The number of nitrogens with one attached hydrogen (secondary N) is 1. The van der Waals surface area contributed by atoms with E-state index in [0.29, 0.717) is 17.5 Å². The SMILES string of the molecule is COc1ccccc1CC(=O)NCc1noc(-c2ccccc2)n1. The fraction of sp³-hybridized carbons (Fsp3) is 0.167. The number of hydrogen-bond acceptors (Lipinski definition) is 5. The van der Waals surface area contributed by atoms with Crippen LogP contribution >= 0.6 is 0 Å². The van der Waals surface area contributed by atoms with E-state index in [0.717, 1.165) is 11.1 Å². The highest BCUT2D eigenvalue weighted by atomic mass is 16.5. The van der Waals surface area contributed by atoms with Crippen LogP contribution in [0.4, 0.5) is 0 Å². The van der Waals surface area contributed by atoms with Crippen molar-refractivity contribution < 1.29 is 14.1 Å². The molecule has 3 aromatic rings. The van der Waals surface area contributed by atoms with Gasteiger partial charge >= 0.3 is 0 Å². The first-order valence-corrected chi connectivity index (χ1v) is 7.53. The Bertz CT molecular complexity index is 815. The lowest BCUT2D eigenvalue weighted by molar-refractivity contribution is -0.120. The average Bonchev–Trinajstić information content (AvgIpc) is 3.10. The van der Waals surface area contributed by atoms with E-state index in [4.69, 9.17) is 9.26 Å². The molecule has 122 valence electrons. The predicted octanol–water partition coefficient (Wildman–Crippen LogP) is 2.60. The Hall–Kier alpha value is -3.15. The topological polar surface area (TPSA) is 77.2 Å². The van der Waals surface area contributed by atoms with Gasteiger partial charge in [-0.05, 0) is 18.2 Å². The van der Waals surface area contributed by atoms with Crippen molar-refractivity contribution in [2.45, 2.75) is 13.0 Å². The summed E-state index contributed by atoms with van der Waals surface area (Å²) in [6, 6.07) is 16.9. The zero-order valence-corrected chi connectivity index (χ0v) is 13.2. The number of para-hydroxylation sites is 1. The van der Waals surface area contributed by atoms with Crippen LogP contribution in [0, 0.1) is 0 Å². The van der Waals surface area contributed by atoms with Crippen LogP contribution in [-0.2, 0) is 17.8 Å². The maximum atomic E-state index is 12.1. The van der Waals surface area contributed by atoms with Gasteiger partial charge in [0.25, 0.3) is 5.89 Å². The molecule has 0 fully saturated rings. The summed E-state index contributed by atoms with van der Waals surface area (Å²) in [4.78, 5) is 16.4. The van der Waals surface area contributed by atoms with E-state index in [1.54, 1.807) is 7.11 Å². The monoisotopic (exact) mass is 323 g/mol. The zero-order valence-electron chi connectivity index (χ0n) is 13.2. The van der Waals surface area contributed by atoms with Gasteiger partial charge < -0.3 is 14.6 Å². The van der Waals surface area contributed by atoms with Gasteiger partial charge in [0.2, 0.25) is 5.91 Å². The second kappa shape index (κ2) is 7.41. The molecule has 6 heteroatoms. The summed E-state index contributed by atoms with van der Waals surface area (Å²) in [5.74, 6) is 1.43. The molecule has 0 radical (unpaired) electrons. The smallest absolute Gasteiger partial charge is 0.257 e. The number of amides is 1. The first-order valence-electron chi connectivity index (χ1n) is 7.53. The fourth-order valence-corrected chi connectivity index (χ4v) is 2.29. The molecular formula is C18H17N3O3. The van der Waals surface area contributed by atoms with Crippen molar-refractivity contribution in [1.82, 2.24) is 15.5 Å². The van der Waals surface area contributed by atoms with Crippen molar-refractivity contribution in [3.63, 3.8) is 0 Å². The van der Waals surface area contributed by atoms with Gasteiger partial charge in [-0.2, -0.15) is 4.98 Å². The Balaban J connectivity index is 1.58. The average molecular weight is 323 g/mol. The van der Waals surface area contributed by atoms with Crippen LogP contribution in [0.15, 0.2) is 59.1 Å². The van der Waals surface area contributed by atoms with Crippen molar-refractivity contribution in [3.8, 4) is 17.2 Å². The lowest BCUT2D eigenvalue weighted by Gasteiger charge is -2.07. The first-order chi connectivity index (χ1) is 11.8. The number of rotatable bonds is 6. The summed E-state index contributed by atoms with van der Waals surface area (Å²) in [5, 5.41) is 6.66. The summed E-state index contributed by atoms with van der Waals surface area (Å²) >= 11 is 0. The number of benzene rings is 2. The van der Waals surface area contributed by atoms with Gasteiger partial charge in [-0.25, -0.2) is 0 Å². The normalized spacial score (nSPS) is 10.4. The third kappa shape index (κ3) is 3.78. The molecule has 0 atom stereocenters. The van der Waals surface area contributed by atoms with E-state index in [9.17, 15) is 4.79 Å². The van der Waals surface area contributed by atoms with Crippen molar-refractivity contribution in [3.05, 3.63) is 66.0 Å². The molecule has 0 aliphatic heterocycles. The van der Waals surface area contributed by atoms with Crippen LogP contribution in [0.5, 0.6) is 5.75 Å². The molecule has 0 spiro atoms. The van der Waals surface area contributed by atoms with Crippen molar-refractivity contribution in [2.75, 3.05) is 7.11 Å². The summed E-state index contributed by atoms with van der Waals surface area (Å²) in [5.41, 5.74) is 1.67. The molecule has 0 bridgehead atoms. The Labute approximate surface area is 139 Å². The van der Waals surface area contributed by atoms with Crippen LogP contribution in [0.3, 0.4) is 0 Å². The van der Waals surface area contributed by atoms with E-state index in [-0.39, 0.29) is 18.9 Å². The highest BCUT2D eigenvalue weighted by Gasteiger charge is 2.11. The van der Waals surface area contributed by atoms with E-state index in [2.05, 4.69) is 15.5 Å². The molecule has 2 aromatic carbocycles. The summed E-state index contributed by atoms with van der Waals surface area (Å²) in [7, 11) is 1.58. The maximum Gasteiger partial charge on any atom is 0.257 e. The van der Waals surface area contributed by atoms with Crippen LogP contribution in [-0.4, -0.2) is 23.2 Å². The summed E-state index contributed by atoms with van der Waals surface area (Å²) in [6.07, 6.45) is 0.230. The molecule has 1 N–H and O–H groups in total. The van der Waals surface area contributed by atoms with Crippen LogP contribution in [0.1, 0.15) is 11.4 Å². The molecule has 0 aliphatic rings. The second-order valence-electron chi connectivity index (χ2n) is 5.15. The largest absolute Gasteiger partial charge is 0.496 e. The number of nitrogens with zero attached hydrogens (tertiary/aromatic N) is 2. The summed E-state index contributed by atoms with van der Waals surface area (Å²) in [6.45, 7) is 0.213. The molecule has 1 aromatic heterocycles. The highest BCUT2D eigenvalue weighted by Crippen LogP contribution is 2.18. The van der Waals surface area contributed by atoms with Crippen LogP contribution in [0.2, 0.25) is 0 Å².